The molecule has 1 saturated heterocycles. The largest absolute Gasteiger partial charge is 0.493 e. The highest BCUT2D eigenvalue weighted by atomic mass is 16.5. The molecule has 2 rings (SSSR count). The molecule has 0 amide bonds. The molecule has 2 nitrogen and oxygen atoms in total. The van der Waals surface area contributed by atoms with Crippen LogP contribution < -0.4 is 4.74 Å². The van der Waals surface area contributed by atoms with E-state index < -0.39 is 0 Å². The fourth-order valence-corrected chi connectivity index (χ4v) is 2.21. The molecule has 87 valence electrons. The Kier molecular flexibility index (Phi) is 3.83. The molecule has 1 heterocycles. The van der Waals surface area contributed by atoms with E-state index >= 15 is 0 Å². The zero-order valence-electron chi connectivity index (χ0n) is 9.98. The van der Waals surface area contributed by atoms with E-state index in [1.807, 2.05) is 18.2 Å². The first-order chi connectivity index (χ1) is 7.75. The van der Waals surface area contributed by atoms with Gasteiger partial charge < -0.3 is 9.64 Å². The van der Waals surface area contributed by atoms with Crippen molar-refractivity contribution in [2.75, 3.05) is 19.7 Å². The first-order valence-electron chi connectivity index (χ1n) is 5.99. The highest BCUT2D eigenvalue weighted by Gasteiger charge is 2.17. The molecular formula is C14H20NO. The van der Waals surface area contributed by atoms with Crippen molar-refractivity contribution in [3.05, 3.63) is 36.9 Å². The van der Waals surface area contributed by atoms with E-state index in [-0.39, 0.29) is 0 Å². The van der Waals surface area contributed by atoms with Crippen molar-refractivity contribution in [3.8, 4) is 5.75 Å². The Bertz CT molecular complexity index is 337. The number of aryl methyl sites for hydroxylation is 1. The minimum absolute atomic E-state index is 0.630. The van der Waals surface area contributed by atoms with Crippen molar-refractivity contribution in [1.82, 2.24) is 4.90 Å². The van der Waals surface area contributed by atoms with Gasteiger partial charge in [0.25, 0.3) is 0 Å². The summed E-state index contributed by atoms with van der Waals surface area (Å²) >= 11 is 0. The second-order valence-electron chi connectivity index (χ2n) is 4.66. The number of benzene rings is 1. The molecule has 0 aromatic heterocycles. The van der Waals surface area contributed by atoms with E-state index in [1.165, 1.54) is 18.4 Å². The van der Waals surface area contributed by atoms with Crippen molar-refractivity contribution < 1.29 is 4.74 Å². The van der Waals surface area contributed by atoms with Crippen LogP contribution in [0.2, 0.25) is 0 Å². The molecule has 1 fully saturated rings. The smallest absolute Gasteiger partial charge is 0.122 e. The number of ether oxygens (including phenoxy) is 1. The molecule has 1 aliphatic rings. The predicted octanol–water partition coefficient (Wildman–Crippen LogP) is 2.88. The molecular weight excluding hydrogens is 198 g/mol. The predicted molar refractivity (Wildman–Crippen MR) is 66.3 cm³/mol. The van der Waals surface area contributed by atoms with Crippen LogP contribution in [0.1, 0.15) is 18.4 Å². The molecule has 0 spiro atoms. The quantitative estimate of drug-likeness (QED) is 0.773. The molecule has 0 bridgehead atoms. The fourth-order valence-electron chi connectivity index (χ4n) is 2.21. The standard InChI is InChI=1S/C14H20NO/c1-12-6-3-4-8-14(12)16-11-13-7-5-9-15(2)10-13/h3-4,6,8,13H,2,5,7,9-11H2,1H3. The molecule has 16 heavy (non-hydrogen) atoms. The van der Waals surface area contributed by atoms with Crippen LogP contribution in [0.25, 0.3) is 0 Å². The van der Waals surface area contributed by atoms with Crippen LogP contribution in [0, 0.1) is 19.9 Å². The Labute approximate surface area is 98.2 Å². The lowest BCUT2D eigenvalue weighted by atomic mass is 9.99. The Morgan fingerprint density at radius 1 is 1.44 bits per heavy atom. The molecule has 0 saturated carbocycles. The average molecular weight is 218 g/mol. The van der Waals surface area contributed by atoms with Gasteiger partial charge in [-0.3, -0.25) is 0 Å². The van der Waals surface area contributed by atoms with Crippen LogP contribution in [0.5, 0.6) is 5.75 Å². The van der Waals surface area contributed by atoms with E-state index in [9.17, 15) is 0 Å². The number of para-hydroxylation sites is 1. The molecule has 1 aliphatic heterocycles. The molecule has 0 aliphatic carbocycles. The third kappa shape index (κ3) is 2.99. The number of rotatable bonds is 3. The molecule has 2 heteroatoms. The number of piperidine rings is 1. The molecule has 1 atom stereocenters. The monoisotopic (exact) mass is 218 g/mol. The van der Waals surface area contributed by atoms with E-state index in [0.717, 1.165) is 25.4 Å². The topological polar surface area (TPSA) is 12.5 Å². The van der Waals surface area contributed by atoms with Crippen molar-refractivity contribution in [1.29, 1.82) is 0 Å². The number of likely N-dealkylation sites (tertiary alicyclic amines) is 1. The van der Waals surface area contributed by atoms with Crippen molar-refractivity contribution in [3.63, 3.8) is 0 Å². The molecule has 1 radical (unpaired) electrons. The van der Waals surface area contributed by atoms with Crippen molar-refractivity contribution >= 4 is 0 Å². The van der Waals surface area contributed by atoms with Gasteiger partial charge in [0.2, 0.25) is 0 Å². The molecule has 1 aromatic carbocycles. The number of hydrogen-bond donors (Lipinski definition) is 0. The van der Waals surface area contributed by atoms with Crippen LogP contribution >= 0.6 is 0 Å². The van der Waals surface area contributed by atoms with Crippen LogP contribution in [-0.4, -0.2) is 24.6 Å². The lowest BCUT2D eigenvalue weighted by Crippen LogP contribution is -2.33. The maximum Gasteiger partial charge on any atom is 0.122 e. The van der Waals surface area contributed by atoms with Crippen LogP contribution in [0.3, 0.4) is 0 Å². The summed E-state index contributed by atoms with van der Waals surface area (Å²) in [7, 11) is 4.00. The minimum Gasteiger partial charge on any atom is -0.493 e. The van der Waals surface area contributed by atoms with E-state index in [4.69, 9.17) is 4.74 Å². The second-order valence-corrected chi connectivity index (χ2v) is 4.66. The Morgan fingerprint density at radius 2 is 2.25 bits per heavy atom. The summed E-state index contributed by atoms with van der Waals surface area (Å²) in [6.07, 6.45) is 2.50. The van der Waals surface area contributed by atoms with Gasteiger partial charge in [0.1, 0.15) is 5.75 Å². The summed E-state index contributed by atoms with van der Waals surface area (Å²) in [6, 6.07) is 8.20. The zero-order chi connectivity index (χ0) is 11.4. The highest BCUT2D eigenvalue weighted by molar-refractivity contribution is 5.31. The van der Waals surface area contributed by atoms with E-state index in [1.54, 1.807) is 0 Å². The molecule has 0 N–H and O–H groups in total. The summed E-state index contributed by atoms with van der Waals surface area (Å²) in [5.74, 6) is 1.65. The number of hydrogen-bond acceptors (Lipinski definition) is 2. The van der Waals surface area contributed by atoms with Gasteiger partial charge in [0.05, 0.1) is 6.61 Å². The Morgan fingerprint density at radius 3 is 3.00 bits per heavy atom. The second kappa shape index (κ2) is 5.35. The van der Waals surface area contributed by atoms with Gasteiger partial charge in [-0.05, 0) is 37.9 Å². The number of nitrogens with zero attached hydrogens (tertiary/aromatic N) is 1. The van der Waals surface area contributed by atoms with Gasteiger partial charge in [0, 0.05) is 19.5 Å². The van der Waals surface area contributed by atoms with Crippen LogP contribution in [0.15, 0.2) is 24.3 Å². The highest BCUT2D eigenvalue weighted by Crippen LogP contribution is 2.20. The van der Waals surface area contributed by atoms with Crippen LogP contribution in [-0.2, 0) is 0 Å². The third-order valence-electron chi connectivity index (χ3n) is 3.17. The van der Waals surface area contributed by atoms with Crippen molar-refractivity contribution in [2.24, 2.45) is 5.92 Å². The summed E-state index contributed by atoms with van der Waals surface area (Å²) in [5.41, 5.74) is 1.21. The zero-order valence-corrected chi connectivity index (χ0v) is 9.98. The van der Waals surface area contributed by atoms with E-state index in [0.29, 0.717) is 5.92 Å². The van der Waals surface area contributed by atoms with E-state index in [2.05, 4.69) is 24.9 Å². The third-order valence-corrected chi connectivity index (χ3v) is 3.17. The summed E-state index contributed by atoms with van der Waals surface area (Å²) in [4.78, 5) is 2.15. The minimum atomic E-state index is 0.630. The van der Waals surface area contributed by atoms with Gasteiger partial charge in [-0.2, -0.15) is 0 Å². The van der Waals surface area contributed by atoms with Gasteiger partial charge >= 0.3 is 0 Å². The van der Waals surface area contributed by atoms with Gasteiger partial charge in [-0.1, -0.05) is 18.2 Å². The lowest BCUT2D eigenvalue weighted by Gasteiger charge is -2.29. The van der Waals surface area contributed by atoms with Gasteiger partial charge in [0.15, 0.2) is 0 Å². The van der Waals surface area contributed by atoms with Crippen LogP contribution in [0.4, 0.5) is 0 Å². The molecule has 1 unspecified atom stereocenters. The average Bonchev–Trinajstić information content (AvgIpc) is 2.28. The summed E-state index contributed by atoms with van der Waals surface area (Å²) in [5, 5.41) is 0. The first-order valence-corrected chi connectivity index (χ1v) is 5.99. The SMILES string of the molecule is [CH2]N1CCCC(COc2ccccc2C)C1. The maximum absolute atomic E-state index is 5.87. The molecule has 1 aromatic rings. The van der Waals surface area contributed by atoms with Gasteiger partial charge in [-0.25, -0.2) is 0 Å². The normalized spacial score (nSPS) is 22.0. The first kappa shape index (κ1) is 11.5. The summed E-state index contributed by atoms with van der Waals surface area (Å²) in [6.45, 7) is 5.09. The Balaban J connectivity index is 1.85. The lowest BCUT2D eigenvalue weighted by molar-refractivity contribution is 0.161. The Hall–Kier alpha value is -1.02. The maximum atomic E-state index is 5.87. The van der Waals surface area contributed by atoms with Crippen molar-refractivity contribution in [2.45, 2.75) is 19.8 Å². The van der Waals surface area contributed by atoms with Gasteiger partial charge in [-0.15, -0.1) is 0 Å². The summed E-state index contributed by atoms with van der Waals surface area (Å²) < 4.78 is 5.87. The fraction of sp³-hybridized carbons (Fsp3) is 0.500.